The Morgan fingerprint density at radius 2 is 2.27 bits per heavy atom. The second-order valence-electron chi connectivity index (χ2n) is 2.62. The van der Waals surface area contributed by atoms with Crippen molar-refractivity contribution in [2.75, 3.05) is 5.73 Å². The maximum atomic E-state index is 12.3. The number of alkyl halides is 3. The minimum Gasteiger partial charge on any atom is -0.391 e. The number of aromatic nitrogens is 1. The van der Waals surface area contributed by atoms with Crippen molar-refractivity contribution in [1.82, 2.24) is 4.98 Å². The molecular formula is C7H6BrF2N3O2. The van der Waals surface area contributed by atoms with Gasteiger partial charge in [-0.3, -0.25) is 15.1 Å². The number of halogens is 3. The molecule has 0 aromatic carbocycles. The lowest BCUT2D eigenvalue weighted by Crippen LogP contribution is -2.06. The number of anilines is 1. The highest BCUT2D eigenvalue weighted by atomic mass is 79.9. The third kappa shape index (κ3) is 2.20. The molecule has 0 spiro atoms. The SMILES string of the molecule is Nc1c(C(F)F)ncc(CBr)c1[N+](=O)[O-]. The van der Waals surface area contributed by atoms with Gasteiger partial charge in [-0.1, -0.05) is 15.9 Å². The molecule has 1 heterocycles. The molecule has 15 heavy (non-hydrogen) atoms. The van der Waals surface area contributed by atoms with Gasteiger partial charge in [0.05, 0.1) is 10.5 Å². The number of nitrogens with zero attached hydrogens (tertiary/aromatic N) is 2. The molecule has 0 radical (unpaired) electrons. The summed E-state index contributed by atoms with van der Waals surface area (Å²) < 4.78 is 24.7. The number of nitrogen functional groups attached to an aromatic ring is 1. The van der Waals surface area contributed by atoms with Crippen LogP contribution >= 0.6 is 15.9 Å². The Bertz CT molecular complexity index is 400. The van der Waals surface area contributed by atoms with E-state index in [9.17, 15) is 18.9 Å². The van der Waals surface area contributed by atoms with Gasteiger partial charge in [0.15, 0.2) is 0 Å². The predicted molar refractivity (Wildman–Crippen MR) is 52.9 cm³/mol. The fourth-order valence-corrected chi connectivity index (χ4v) is 1.47. The van der Waals surface area contributed by atoms with E-state index in [1.54, 1.807) is 0 Å². The summed E-state index contributed by atoms with van der Waals surface area (Å²) in [5.41, 5.74) is 3.57. The van der Waals surface area contributed by atoms with Gasteiger partial charge in [0.1, 0.15) is 11.4 Å². The van der Waals surface area contributed by atoms with E-state index in [0.717, 1.165) is 6.20 Å². The highest BCUT2D eigenvalue weighted by molar-refractivity contribution is 9.08. The van der Waals surface area contributed by atoms with Gasteiger partial charge in [-0.05, 0) is 0 Å². The van der Waals surface area contributed by atoms with Crippen LogP contribution in [0.25, 0.3) is 0 Å². The summed E-state index contributed by atoms with van der Waals surface area (Å²) in [7, 11) is 0. The lowest BCUT2D eigenvalue weighted by molar-refractivity contribution is -0.384. The summed E-state index contributed by atoms with van der Waals surface area (Å²) in [6.07, 6.45) is -1.90. The Kier molecular flexibility index (Phi) is 3.51. The van der Waals surface area contributed by atoms with Crippen LogP contribution in [0, 0.1) is 10.1 Å². The number of pyridine rings is 1. The first-order valence-electron chi connectivity index (χ1n) is 3.74. The van der Waals surface area contributed by atoms with Crippen LogP contribution in [0.3, 0.4) is 0 Å². The molecule has 8 heteroatoms. The maximum absolute atomic E-state index is 12.3. The molecule has 5 nitrogen and oxygen atoms in total. The third-order valence-electron chi connectivity index (χ3n) is 1.73. The molecular weight excluding hydrogens is 276 g/mol. The van der Waals surface area contributed by atoms with E-state index in [1.165, 1.54) is 0 Å². The third-order valence-corrected chi connectivity index (χ3v) is 2.33. The highest BCUT2D eigenvalue weighted by Gasteiger charge is 2.25. The monoisotopic (exact) mass is 281 g/mol. The zero-order chi connectivity index (χ0) is 11.6. The first-order chi connectivity index (χ1) is 6.99. The Labute approximate surface area is 91.6 Å². The van der Waals surface area contributed by atoms with Crippen molar-refractivity contribution in [2.45, 2.75) is 11.8 Å². The van der Waals surface area contributed by atoms with Crippen LogP contribution in [-0.2, 0) is 5.33 Å². The van der Waals surface area contributed by atoms with Gasteiger partial charge < -0.3 is 5.73 Å². The minimum absolute atomic E-state index is 0.129. The molecule has 1 aromatic heterocycles. The Balaban J connectivity index is 3.42. The summed E-state index contributed by atoms with van der Waals surface area (Å²) in [6.45, 7) is 0. The van der Waals surface area contributed by atoms with Crippen LogP contribution in [-0.4, -0.2) is 9.91 Å². The minimum atomic E-state index is -2.92. The van der Waals surface area contributed by atoms with E-state index in [-0.39, 0.29) is 10.9 Å². The fourth-order valence-electron chi connectivity index (χ4n) is 1.06. The first kappa shape index (κ1) is 11.8. The number of nitrogens with two attached hydrogens (primary N) is 1. The number of rotatable bonds is 3. The van der Waals surface area contributed by atoms with E-state index in [4.69, 9.17) is 5.73 Å². The molecule has 0 amide bonds. The van der Waals surface area contributed by atoms with Crippen molar-refractivity contribution in [3.8, 4) is 0 Å². The van der Waals surface area contributed by atoms with Crippen molar-refractivity contribution in [3.05, 3.63) is 27.6 Å². The molecule has 1 rings (SSSR count). The van der Waals surface area contributed by atoms with Gasteiger partial charge in [-0.2, -0.15) is 0 Å². The van der Waals surface area contributed by atoms with Crippen LogP contribution in [0.2, 0.25) is 0 Å². The molecule has 0 atom stereocenters. The van der Waals surface area contributed by atoms with E-state index in [2.05, 4.69) is 20.9 Å². The highest BCUT2D eigenvalue weighted by Crippen LogP contribution is 2.33. The quantitative estimate of drug-likeness (QED) is 0.524. The zero-order valence-electron chi connectivity index (χ0n) is 7.28. The van der Waals surface area contributed by atoms with E-state index in [1.807, 2.05) is 0 Å². The second kappa shape index (κ2) is 4.47. The molecule has 0 unspecified atom stereocenters. The topological polar surface area (TPSA) is 82.0 Å². The Hall–Kier alpha value is -1.31. The molecule has 0 aliphatic heterocycles. The lowest BCUT2D eigenvalue weighted by atomic mass is 10.2. The van der Waals surface area contributed by atoms with Crippen LogP contribution in [0.5, 0.6) is 0 Å². The van der Waals surface area contributed by atoms with Crippen molar-refractivity contribution in [1.29, 1.82) is 0 Å². The maximum Gasteiger partial charge on any atom is 0.299 e. The summed E-state index contributed by atoms with van der Waals surface area (Å²) >= 11 is 2.98. The molecule has 2 N–H and O–H groups in total. The normalized spacial score (nSPS) is 10.7. The van der Waals surface area contributed by atoms with Gasteiger partial charge in [-0.15, -0.1) is 0 Å². The zero-order valence-corrected chi connectivity index (χ0v) is 8.87. The number of nitro groups is 1. The predicted octanol–water partition coefficient (Wildman–Crippen LogP) is 2.40. The molecule has 0 bridgehead atoms. The summed E-state index contributed by atoms with van der Waals surface area (Å²) in [4.78, 5) is 13.2. The smallest absolute Gasteiger partial charge is 0.299 e. The molecule has 82 valence electrons. The average molecular weight is 282 g/mol. The van der Waals surface area contributed by atoms with Crippen molar-refractivity contribution in [3.63, 3.8) is 0 Å². The van der Waals surface area contributed by atoms with E-state index in [0.29, 0.717) is 0 Å². The standard InChI is InChI=1S/C7H6BrF2N3O2/c8-1-3-2-12-5(7(9)10)4(11)6(3)13(14)15/h2,7H,1,11H2. The molecule has 0 fully saturated rings. The van der Waals surface area contributed by atoms with Gasteiger partial charge in [0.25, 0.3) is 12.1 Å². The van der Waals surface area contributed by atoms with Gasteiger partial charge >= 0.3 is 0 Å². The summed E-state index contributed by atoms with van der Waals surface area (Å²) in [5.74, 6) is 0. The lowest BCUT2D eigenvalue weighted by Gasteiger charge is -2.06. The van der Waals surface area contributed by atoms with E-state index < -0.39 is 28.4 Å². The summed E-state index contributed by atoms with van der Waals surface area (Å²) in [6, 6.07) is 0. The van der Waals surface area contributed by atoms with Crippen LogP contribution < -0.4 is 5.73 Å². The fraction of sp³-hybridized carbons (Fsp3) is 0.286. The molecule has 0 aliphatic carbocycles. The van der Waals surface area contributed by atoms with Crippen molar-refractivity contribution in [2.24, 2.45) is 0 Å². The van der Waals surface area contributed by atoms with Crippen molar-refractivity contribution < 1.29 is 13.7 Å². The average Bonchev–Trinajstić information content (AvgIpc) is 2.15. The van der Waals surface area contributed by atoms with Crippen molar-refractivity contribution >= 4 is 27.3 Å². The largest absolute Gasteiger partial charge is 0.391 e. The first-order valence-corrected chi connectivity index (χ1v) is 4.87. The van der Waals surface area contributed by atoms with E-state index >= 15 is 0 Å². The van der Waals surface area contributed by atoms with Crippen LogP contribution in [0.1, 0.15) is 17.7 Å². The number of hydrogen-bond acceptors (Lipinski definition) is 4. The van der Waals surface area contributed by atoms with Gasteiger partial charge in [0.2, 0.25) is 0 Å². The molecule has 1 aromatic rings. The molecule has 0 saturated heterocycles. The number of hydrogen-bond donors (Lipinski definition) is 1. The van der Waals surface area contributed by atoms with Gasteiger partial charge in [-0.25, -0.2) is 8.78 Å². The second-order valence-corrected chi connectivity index (χ2v) is 3.18. The Morgan fingerprint density at radius 3 is 2.67 bits per heavy atom. The molecule has 0 saturated carbocycles. The van der Waals surface area contributed by atoms with Crippen LogP contribution in [0.15, 0.2) is 6.20 Å². The van der Waals surface area contributed by atoms with Crippen LogP contribution in [0.4, 0.5) is 20.2 Å². The molecule has 0 aliphatic rings. The Morgan fingerprint density at radius 1 is 1.67 bits per heavy atom. The van der Waals surface area contributed by atoms with Gasteiger partial charge in [0, 0.05) is 11.5 Å². The summed E-state index contributed by atoms with van der Waals surface area (Å²) in [5, 5.41) is 10.7.